The van der Waals surface area contributed by atoms with Gasteiger partial charge in [-0.25, -0.2) is 5.43 Å². The second-order valence-corrected chi connectivity index (χ2v) is 6.03. The zero-order valence-corrected chi connectivity index (χ0v) is 13.7. The van der Waals surface area contributed by atoms with Gasteiger partial charge in [0.05, 0.1) is 21.0 Å². The van der Waals surface area contributed by atoms with Crippen LogP contribution in [0, 0.1) is 10.1 Å². The van der Waals surface area contributed by atoms with Crippen molar-refractivity contribution in [2.75, 3.05) is 6.61 Å². The molecule has 0 saturated heterocycles. The van der Waals surface area contributed by atoms with E-state index >= 15 is 0 Å². The van der Waals surface area contributed by atoms with Gasteiger partial charge in [-0.05, 0) is 24.3 Å². The number of rotatable bonds is 6. The molecule has 0 bridgehead atoms. The van der Waals surface area contributed by atoms with Crippen molar-refractivity contribution in [1.82, 2.24) is 5.43 Å². The molecular weight excluding hydrogens is 365 g/mol. The zero-order valence-electron chi connectivity index (χ0n) is 11.4. The van der Waals surface area contributed by atoms with Crippen LogP contribution in [0.15, 0.2) is 35.4 Å². The molecule has 1 aromatic carbocycles. The van der Waals surface area contributed by atoms with Gasteiger partial charge in [-0.15, -0.1) is 0 Å². The number of nitro groups is 1. The Morgan fingerprint density at radius 2 is 2.17 bits per heavy atom. The van der Waals surface area contributed by atoms with Crippen LogP contribution in [0.5, 0.6) is 5.75 Å². The summed E-state index contributed by atoms with van der Waals surface area (Å²) in [4.78, 5) is 22.1. The predicted octanol–water partition coefficient (Wildman–Crippen LogP) is 3.49. The van der Waals surface area contributed by atoms with Crippen LogP contribution in [0.1, 0.15) is 4.88 Å². The van der Waals surface area contributed by atoms with Crippen molar-refractivity contribution >= 4 is 51.7 Å². The van der Waals surface area contributed by atoms with Crippen LogP contribution in [0.3, 0.4) is 0 Å². The van der Waals surface area contributed by atoms with Crippen molar-refractivity contribution in [3.8, 4) is 5.75 Å². The second kappa shape index (κ2) is 7.91. The van der Waals surface area contributed by atoms with Gasteiger partial charge in [0.25, 0.3) is 5.91 Å². The van der Waals surface area contributed by atoms with E-state index in [1.54, 1.807) is 12.1 Å². The second-order valence-electron chi connectivity index (χ2n) is 4.09. The van der Waals surface area contributed by atoms with E-state index in [1.165, 1.54) is 24.4 Å². The van der Waals surface area contributed by atoms with Gasteiger partial charge in [0.15, 0.2) is 6.61 Å². The smallest absolute Gasteiger partial charge is 0.324 e. The van der Waals surface area contributed by atoms with E-state index in [1.807, 2.05) is 0 Å². The Labute approximate surface area is 144 Å². The minimum absolute atomic E-state index is 0.00140. The predicted molar refractivity (Wildman–Crippen MR) is 88.7 cm³/mol. The fourth-order valence-corrected chi connectivity index (χ4v) is 2.60. The van der Waals surface area contributed by atoms with Gasteiger partial charge in [-0.2, -0.15) is 5.10 Å². The van der Waals surface area contributed by atoms with Crippen LogP contribution in [0.2, 0.25) is 10.0 Å². The van der Waals surface area contributed by atoms with E-state index in [4.69, 9.17) is 27.9 Å². The third-order valence-corrected chi connectivity index (χ3v) is 3.93. The number of nitrogens with zero attached hydrogens (tertiary/aromatic N) is 2. The molecule has 1 aromatic heterocycles. The topological polar surface area (TPSA) is 93.8 Å². The number of thiophene rings is 1. The molecule has 0 saturated carbocycles. The molecule has 0 fully saturated rings. The fraction of sp³-hybridized carbons (Fsp3) is 0.0769. The maximum absolute atomic E-state index is 11.6. The van der Waals surface area contributed by atoms with Gasteiger partial charge in [0.1, 0.15) is 5.75 Å². The molecule has 23 heavy (non-hydrogen) atoms. The lowest BCUT2D eigenvalue weighted by molar-refractivity contribution is -0.380. The van der Waals surface area contributed by atoms with Crippen molar-refractivity contribution in [3.05, 3.63) is 55.4 Å². The van der Waals surface area contributed by atoms with Crippen molar-refractivity contribution < 1.29 is 14.5 Å². The van der Waals surface area contributed by atoms with Crippen molar-refractivity contribution in [1.29, 1.82) is 0 Å². The molecule has 0 unspecified atom stereocenters. The molecule has 0 aliphatic rings. The highest BCUT2D eigenvalue weighted by Gasteiger charge is 2.08. The van der Waals surface area contributed by atoms with Crippen LogP contribution < -0.4 is 10.2 Å². The van der Waals surface area contributed by atoms with E-state index in [0.29, 0.717) is 20.7 Å². The molecule has 120 valence electrons. The third kappa shape index (κ3) is 5.20. The largest absolute Gasteiger partial charge is 0.482 e. The number of amides is 1. The quantitative estimate of drug-likeness (QED) is 0.476. The normalized spacial score (nSPS) is 10.7. The van der Waals surface area contributed by atoms with Gasteiger partial charge in [-0.1, -0.05) is 34.5 Å². The molecule has 2 aromatic rings. The van der Waals surface area contributed by atoms with Crippen molar-refractivity contribution in [3.63, 3.8) is 0 Å². The SMILES string of the molecule is O=C(COc1ccc(Cl)cc1Cl)N/N=C/c1ccc([N+](=O)[O-])s1. The number of carbonyl (C=O) groups excluding carboxylic acids is 1. The molecule has 0 spiro atoms. The van der Waals surface area contributed by atoms with Gasteiger partial charge in [0, 0.05) is 11.1 Å². The van der Waals surface area contributed by atoms with Gasteiger partial charge >= 0.3 is 5.00 Å². The molecule has 1 amide bonds. The lowest BCUT2D eigenvalue weighted by Crippen LogP contribution is -2.24. The molecule has 2 rings (SSSR count). The van der Waals surface area contributed by atoms with Crippen LogP contribution in [-0.4, -0.2) is 23.7 Å². The Morgan fingerprint density at radius 3 is 2.83 bits per heavy atom. The molecule has 0 radical (unpaired) electrons. The lowest BCUT2D eigenvalue weighted by atomic mass is 10.3. The summed E-state index contributed by atoms with van der Waals surface area (Å²) in [5.74, 6) is -0.178. The molecule has 0 aliphatic carbocycles. The zero-order chi connectivity index (χ0) is 16.8. The molecule has 1 heterocycles. The van der Waals surface area contributed by atoms with E-state index < -0.39 is 10.8 Å². The first-order chi connectivity index (χ1) is 11.0. The number of hydrazone groups is 1. The van der Waals surface area contributed by atoms with E-state index in [2.05, 4.69) is 10.5 Å². The monoisotopic (exact) mass is 373 g/mol. The minimum Gasteiger partial charge on any atom is -0.482 e. The van der Waals surface area contributed by atoms with E-state index in [0.717, 1.165) is 11.3 Å². The molecular formula is C13H9Cl2N3O4S. The van der Waals surface area contributed by atoms with Gasteiger partial charge in [-0.3, -0.25) is 14.9 Å². The number of hydrogen-bond donors (Lipinski definition) is 1. The summed E-state index contributed by atoms with van der Waals surface area (Å²) in [7, 11) is 0. The highest BCUT2D eigenvalue weighted by Crippen LogP contribution is 2.27. The Morgan fingerprint density at radius 1 is 1.39 bits per heavy atom. The van der Waals surface area contributed by atoms with Crippen LogP contribution >= 0.6 is 34.5 Å². The highest BCUT2D eigenvalue weighted by molar-refractivity contribution is 7.16. The first-order valence-electron chi connectivity index (χ1n) is 6.09. The molecule has 0 atom stereocenters. The summed E-state index contributed by atoms with van der Waals surface area (Å²) in [5.41, 5.74) is 2.24. The lowest BCUT2D eigenvalue weighted by Gasteiger charge is -2.06. The first kappa shape index (κ1) is 17.2. The summed E-state index contributed by atoms with van der Waals surface area (Å²) in [6.07, 6.45) is 1.31. The number of ether oxygens (including phenoxy) is 1. The van der Waals surface area contributed by atoms with Crippen LogP contribution in [0.25, 0.3) is 0 Å². The Kier molecular flexibility index (Phi) is 5.91. The summed E-state index contributed by atoms with van der Waals surface area (Å²) < 4.78 is 5.23. The Bertz CT molecular complexity index is 763. The van der Waals surface area contributed by atoms with Crippen molar-refractivity contribution in [2.45, 2.75) is 0 Å². The fourth-order valence-electron chi connectivity index (χ4n) is 1.45. The number of halogens is 2. The summed E-state index contributed by atoms with van der Waals surface area (Å²) in [6, 6.07) is 7.52. The Balaban J connectivity index is 1.82. The summed E-state index contributed by atoms with van der Waals surface area (Å²) >= 11 is 12.6. The number of nitrogens with one attached hydrogen (secondary N) is 1. The maximum Gasteiger partial charge on any atom is 0.324 e. The molecule has 0 aliphatic heterocycles. The highest BCUT2D eigenvalue weighted by atomic mass is 35.5. The van der Waals surface area contributed by atoms with E-state index in [9.17, 15) is 14.9 Å². The first-order valence-corrected chi connectivity index (χ1v) is 7.67. The standard InChI is InChI=1S/C13H9Cl2N3O4S/c14-8-1-3-11(10(15)5-8)22-7-12(19)17-16-6-9-2-4-13(23-9)18(20)21/h1-6H,7H2,(H,17,19)/b16-6+. The third-order valence-electron chi connectivity index (χ3n) is 2.43. The molecule has 10 heteroatoms. The number of carbonyl (C=O) groups is 1. The maximum atomic E-state index is 11.6. The molecule has 1 N–H and O–H groups in total. The average Bonchev–Trinajstić information content (AvgIpc) is 2.95. The summed E-state index contributed by atoms with van der Waals surface area (Å²) in [6.45, 7) is -0.288. The minimum atomic E-state index is -0.502. The molecule has 7 nitrogen and oxygen atoms in total. The summed E-state index contributed by atoms with van der Waals surface area (Å²) in [5, 5.41) is 15.0. The number of benzene rings is 1. The average molecular weight is 374 g/mol. The van der Waals surface area contributed by atoms with Crippen LogP contribution in [0.4, 0.5) is 5.00 Å². The Hall–Kier alpha value is -2.16. The van der Waals surface area contributed by atoms with E-state index in [-0.39, 0.29) is 11.6 Å². The number of hydrogen-bond acceptors (Lipinski definition) is 6. The van der Waals surface area contributed by atoms with Gasteiger partial charge < -0.3 is 4.74 Å². The van der Waals surface area contributed by atoms with Crippen molar-refractivity contribution in [2.24, 2.45) is 5.10 Å². The van der Waals surface area contributed by atoms with Gasteiger partial charge in [0.2, 0.25) is 0 Å². The van der Waals surface area contributed by atoms with Crippen LogP contribution in [-0.2, 0) is 4.79 Å².